The summed E-state index contributed by atoms with van der Waals surface area (Å²) in [6.45, 7) is 5.91. The van der Waals surface area contributed by atoms with Crippen molar-refractivity contribution in [3.63, 3.8) is 0 Å². The summed E-state index contributed by atoms with van der Waals surface area (Å²) >= 11 is 6.10. The Bertz CT molecular complexity index is 367. The van der Waals surface area contributed by atoms with E-state index >= 15 is 0 Å². The van der Waals surface area contributed by atoms with Gasteiger partial charge in [0.05, 0.1) is 16.9 Å². The lowest BCUT2D eigenvalue weighted by atomic mass is 9.96. The second kappa shape index (κ2) is 3.49. The van der Waals surface area contributed by atoms with Gasteiger partial charge in [0.25, 0.3) is 0 Å². The van der Waals surface area contributed by atoms with E-state index in [0.717, 1.165) is 18.5 Å². The topological polar surface area (TPSA) is 38.0 Å². The molecular weight excluding hydrogens is 212 g/mol. The van der Waals surface area contributed by atoms with Crippen LogP contribution in [0.2, 0.25) is 5.02 Å². The molecule has 3 nitrogen and oxygen atoms in total. The lowest BCUT2D eigenvalue weighted by Crippen LogP contribution is -2.29. The van der Waals surface area contributed by atoms with Crippen LogP contribution in [0.4, 0.5) is 0 Å². The maximum absolute atomic E-state index is 10.5. The van der Waals surface area contributed by atoms with Crippen molar-refractivity contribution in [2.24, 2.45) is 5.92 Å². The van der Waals surface area contributed by atoms with Gasteiger partial charge in [0.15, 0.2) is 0 Å². The maximum Gasteiger partial charge on any atom is 0.108 e. The molecule has 0 aromatic carbocycles. The number of hydrogen-bond donors (Lipinski definition) is 1. The van der Waals surface area contributed by atoms with Gasteiger partial charge in [0.2, 0.25) is 0 Å². The molecule has 84 valence electrons. The second-order valence-electron chi connectivity index (χ2n) is 4.80. The zero-order valence-electron chi connectivity index (χ0n) is 9.37. The molecule has 15 heavy (non-hydrogen) atoms. The number of rotatable bonds is 3. The van der Waals surface area contributed by atoms with Crippen LogP contribution < -0.4 is 0 Å². The molecule has 1 atom stereocenters. The minimum atomic E-state index is -0.835. The predicted molar refractivity (Wildman–Crippen MR) is 59.9 cm³/mol. The van der Waals surface area contributed by atoms with Crippen LogP contribution in [0.15, 0.2) is 6.20 Å². The molecule has 0 spiro atoms. The average Bonchev–Trinajstić information content (AvgIpc) is 2.89. The molecule has 1 heterocycles. The largest absolute Gasteiger partial charge is 0.384 e. The zero-order valence-corrected chi connectivity index (χ0v) is 10.1. The molecule has 1 aromatic rings. The summed E-state index contributed by atoms with van der Waals surface area (Å²) < 4.78 is 1.82. The second-order valence-corrected chi connectivity index (χ2v) is 5.21. The lowest BCUT2D eigenvalue weighted by Gasteiger charge is -2.26. The summed E-state index contributed by atoms with van der Waals surface area (Å²) in [5, 5.41) is 15.3. The van der Waals surface area contributed by atoms with Crippen molar-refractivity contribution < 1.29 is 5.11 Å². The van der Waals surface area contributed by atoms with E-state index in [2.05, 4.69) is 5.10 Å². The van der Waals surface area contributed by atoms with Gasteiger partial charge in [-0.2, -0.15) is 5.10 Å². The number of nitrogens with zero attached hydrogens (tertiary/aromatic N) is 2. The SMILES string of the molecule is CC(C)n1ncc(Cl)c1C(C)(O)C1CC1. The van der Waals surface area contributed by atoms with Gasteiger partial charge in [0, 0.05) is 6.04 Å². The highest BCUT2D eigenvalue weighted by Gasteiger charge is 2.44. The molecule has 0 aliphatic heterocycles. The molecule has 1 aliphatic rings. The van der Waals surface area contributed by atoms with Crippen molar-refractivity contribution in [1.82, 2.24) is 9.78 Å². The fraction of sp³-hybridized carbons (Fsp3) is 0.727. The number of aliphatic hydroxyl groups is 1. The third-order valence-corrected chi connectivity index (χ3v) is 3.37. The highest BCUT2D eigenvalue weighted by molar-refractivity contribution is 6.31. The first-order valence-corrected chi connectivity index (χ1v) is 5.78. The van der Waals surface area contributed by atoms with Crippen LogP contribution in [0.1, 0.15) is 45.3 Å². The van der Waals surface area contributed by atoms with Gasteiger partial charge >= 0.3 is 0 Å². The fourth-order valence-corrected chi connectivity index (χ4v) is 2.37. The highest BCUT2D eigenvalue weighted by atomic mass is 35.5. The van der Waals surface area contributed by atoms with Crippen LogP contribution >= 0.6 is 11.6 Å². The van der Waals surface area contributed by atoms with Crippen LogP contribution in [-0.2, 0) is 5.60 Å². The Morgan fingerprint density at radius 2 is 2.20 bits per heavy atom. The van der Waals surface area contributed by atoms with Gasteiger partial charge in [-0.05, 0) is 39.5 Å². The van der Waals surface area contributed by atoms with Crippen molar-refractivity contribution in [2.75, 3.05) is 0 Å². The maximum atomic E-state index is 10.5. The van der Waals surface area contributed by atoms with Crippen LogP contribution in [0, 0.1) is 5.92 Å². The molecule has 0 amide bonds. The first kappa shape index (κ1) is 11.0. The van der Waals surface area contributed by atoms with Crippen molar-refractivity contribution in [3.8, 4) is 0 Å². The molecule has 1 unspecified atom stereocenters. The van der Waals surface area contributed by atoms with Crippen LogP contribution in [0.5, 0.6) is 0 Å². The summed E-state index contributed by atoms with van der Waals surface area (Å²) in [7, 11) is 0. The normalized spacial score (nSPS) is 20.7. The van der Waals surface area contributed by atoms with Crippen molar-refractivity contribution in [2.45, 2.75) is 45.3 Å². The van der Waals surface area contributed by atoms with Crippen LogP contribution in [0.3, 0.4) is 0 Å². The highest BCUT2D eigenvalue weighted by Crippen LogP contribution is 2.47. The summed E-state index contributed by atoms with van der Waals surface area (Å²) in [6, 6.07) is 0.220. The van der Waals surface area contributed by atoms with Gasteiger partial charge in [-0.15, -0.1) is 0 Å². The Hall–Kier alpha value is -0.540. The Kier molecular flexibility index (Phi) is 2.55. The molecule has 0 saturated heterocycles. The van der Waals surface area contributed by atoms with Gasteiger partial charge in [0.1, 0.15) is 5.60 Å². The minimum Gasteiger partial charge on any atom is -0.384 e. The monoisotopic (exact) mass is 228 g/mol. The Labute approximate surface area is 95.0 Å². The molecule has 0 bridgehead atoms. The summed E-state index contributed by atoms with van der Waals surface area (Å²) in [5.74, 6) is 0.337. The van der Waals surface area contributed by atoms with Gasteiger partial charge < -0.3 is 5.11 Å². The lowest BCUT2D eigenvalue weighted by molar-refractivity contribution is 0.0229. The van der Waals surface area contributed by atoms with E-state index in [1.807, 2.05) is 25.5 Å². The zero-order chi connectivity index (χ0) is 11.2. The molecule has 1 fully saturated rings. The molecule has 4 heteroatoms. The van der Waals surface area contributed by atoms with Gasteiger partial charge in [-0.3, -0.25) is 4.68 Å². The molecule has 1 aliphatic carbocycles. The third-order valence-electron chi connectivity index (χ3n) is 3.09. The summed E-state index contributed by atoms with van der Waals surface area (Å²) in [6.07, 6.45) is 3.77. The molecule has 2 rings (SSSR count). The van der Waals surface area contributed by atoms with Crippen LogP contribution in [-0.4, -0.2) is 14.9 Å². The first-order valence-electron chi connectivity index (χ1n) is 5.40. The quantitative estimate of drug-likeness (QED) is 0.864. The van der Waals surface area contributed by atoms with E-state index in [1.165, 1.54) is 0 Å². The molecule has 1 N–H and O–H groups in total. The summed E-state index contributed by atoms with van der Waals surface area (Å²) in [4.78, 5) is 0. The Morgan fingerprint density at radius 1 is 1.60 bits per heavy atom. The summed E-state index contributed by atoms with van der Waals surface area (Å²) in [5.41, 5.74) is -0.0700. The Balaban J connectivity index is 2.45. The molecule has 0 radical (unpaired) electrons. The van der Waals surface area contributed by atoms with Crippen molar-refractivity contribution >= 4 is 11.6 Å². The third kappa shape index (κ3) is 1.79. The first-order chi connectivity index (χ1) is 6.94. The van der Waals surface area contributed by atoms with E-state index in [1.54, 1.807) is 6.20 Å². The van der Waals surface area contributed by atoms with Crippen molar-refractivity contribution in [3.05, 3.63) is 16.9 Å². The molecular formula is C11H17ClN2O. The smallest absolute Gasteiger partial charge is 0.108 e. The predicted octanol–water partition coefficient (Wildman–Crippen LogP) is 2.73. The van der Waals surface area contributed by atoms with E-state index in [4.69, 9.17) is 11.6 Å². The Morgan fingerprint density at radius 3 is 2.67 bits per heavy atom. The minimum absolute atomic E-state index is 0.220. The fourth-order valence-electron chi connectivity index (χ4n) is 2.05. The van der Waals surface area contributed by atoms with Gasteiger partial charge in [-0.1, -0.05) is 11.6 Å². The van der Waals surface area contributed by atoms with E-state index < -0.39 is 5.60 Å². The molecule has 1 saturated carbocycles. The van der Waals surface area contributed by atoms with E-state index in [0.29, 0.717) is 10.9 Å². The number of aromatic nitrogens is 2. The molecule has 1 aromatic heterocycles. The number of halogens is 1. The standard InChI is InChI=1S/C11H17ClN2O/c1-7(2)14-10(9(12)6-13-14)11(3,15)8-4-5-8/h6-8,15H,4-5H2,1-3H3. The van der Waals surface area contributed by atoms with Gasteiger partial charge in [-0.25, -0.2) is 0 Å². The number of hydrogen-bond acceptors (Lipinski definition) is 2. The van der Waals surface area contributed by atoms with E-state index in [-0.39, 0.29) is 6.04 Å². The van der Waals surface area contributed by atoms with E-state index in [9.17, 15) is 5.11 Å². The van der Waals surface area contributed by atoms with Crippen LogP contribution in [0.25, 0.3) is 0 Å². The average molecular weight is 229 g/mol. The van der Waals surface area contributed by atoms with Crippen molar-refractivity contribution in [1.29, 1.82) is 0 Å².